The fourth-order valence-electron chi connectivity index (χ4n) is 2.96. The van der Waals surface area contributed by atoms with Crippen LogP contribution < -0.4 is 11.2 Å². The van der Waals surface area contributed by atoms with Crippen molar-refractivity contribution in [3.8, 4) is 0 Å². The van der Waals surface area contributed by atoms with Gasteiger partial charge in [0.1, 0.15) is 0 Å². The lowest BCUT2D eigenvalue weighted by Gasteiger charge is -2.16. The first-order chi connectivity index (χ1) is 11.3. The van der Waals surface area contributed by atoms with E-state index in [1.807, 2.05) is 18.4 Å². The minimum absolute atomic E-state index is 0.270. The van der Waals surface area contributed by atoms with E-state index < -0.39 is 5.60 Å². The number of fused-ring (bicyclic) bond motifs is 1. The molecule has 7 nitrogen and oxygen atoms in total. The number of aromatic nitrogens is 4. The smallest absolute Gasteiger partial charge is 0.332 e. The molecule has 0 amide bonds. The molecule has 7 heteroatoms. The van der Waals surface area contributed by atoms with Gasteiger partial charge < -0.3 is 9.67 Å². The van der Waals surface area contributed by atoms with E-state index in [-0.39, 0.29) is 11.2 Å². The molecule has 134 valence electrons. The molecule has 0 bridgehead atoms. The van der Waals surface area contributed by atoms with Crippen LogP contribution in [0.3, 0.4) is 0 Å². The minimum Gasteiger partial charge on any atom is -0.390 e. The highest BCUT2D eigenvalue weighted by molar-refractivity contribution is 5.70. The molecule has 2 heterocycles. The minimum atomic E-state index is -0.724. The maximum Gasteiger partial charge on any atom is 0.332 e. The zero-order valence-corrected chi connectivity index (χ0v) is 15.1. The summed E-state index contributed by atoms with van der Waals surface area (Å²) in [5, 5.41) is 9.77. The van der Waals surface area contributed by atoms with E-state index in [0.717, 1.165) is 12.8 Å². The Morgan fingerprint density at radius 3 is 2.42 bits per heavy atom. The fraction of sp³-hybridized carbons (Fsp3) is 0.706. The van der Waals surface area contributed by atoms with E-state index in [1.165, 1.54) is 4.57 Å². The molecule has 0 saturated heterocycles. The van der Waals surface area contributed by atoms with Gasteiger partial charge in [-0.3, -0.25) is 13.9 Å². The first-order valence-corrected chi connectivity index (χ1v) is 8.71. The second kappa shape index (κ2) is 7.34. The normalized spacial score (nSPS) is 12.2. The van der Waals surface area contributed by atoms with Crippen molar-refractivity contribution in [1.29, 1.82) is 0 Å². The molecule has 0 radical (unpaired) electrons. The van der Waals surface area contributed by atoms with Crippen LogP contribution in [0.1, 0.15) is 53.4 Å². The summed E-state index contributed by atoms with van der Waals surface area (Å²) in [6, 6.07) is 0. The maximum atomic E-state index is 12.8. The van der Waals surface area contributed by atoms with E-state index in [2.05, 4.69) is 4.98 Å². The number of aryl methyl sites for hydroxylation is 2. The molecule has 2 rings (SSSR count). The molecule has 0 fully saturated rings. The summed E-state index contributed by atoms with van der Waals surface area (Å²) >= 11 is 0. The van der Waals surface area contributed by atoms with E-state index >= 15 is 0 Å². The maximum absolute atomic E-state index is 12.8. The van der Waals surface area contributed by atoms with E-state index in [0.29, 0.717) is 43.6 Å². The molecule has 0 spiro atoms. The monoisotopic (exact) mass is 336 g/mol. The number of hydrogen-bond donors (Lipinski definition) is 1. The van der Waals surface area contributed by atoms with Gasteiger partial charge in [-0.05, 0) is 46.5 Å². The Balaban J connectivity index is 2.40. The van der Waals surface area contributed by atoms with Crippen molar-refractivity contribution in [3.05, 3.63) is 27.2 Å². The van der Waals surface area contributed by atoms with Crippen LogP contribution in [0.4, 0.5) is 0 Å². The lowest BCUT2D eigenvalue weighted by atomic mass is 10.0. The summed E-state index contributed by atoms with van der Waals surface area (Å²) in [6.45, 7) is 8.98. The summed E-state index contributed by atoms with van der Waals surface area (Å²) in [7, 11) is 0. The Bertz CT molecular complexity index is 808. The summed E-state index contributed by atoms with van der Waals surface area (Å²) in [5.74, 6) is 0. The molecule has 0 unspecified atom stereocenters. The number of imidazole rings is 1. The molecule has 0 saturated carbocycles. The van der Waals surface area contributed by atoms with Crippen LogP contribution in [0.25, 0.3) is 11.2 Å². The summed E-state index contributed by atoms with van der Waals surface area (Å²) in [6.07, 6.45) is 4.60. The second-order valence-electron chi connectivity index (χ2n) is 6.86. The highest BCUT2D eigenvalue weighted by Crippen LogP contribution is 2.12. The first-order valence-electron chi connectivity index (χ1n) is 8.71. The lowest BCUT2D eigenvalue weighted by molar-refractivity contribution is 0.0678. The van der Waals surface area contributed by atoms with Crippen LogP contribution in [0.15, 0.2) is 15.9 Å². The average Bonchev–Trinajstić information content (AvgIpc) is 2.90. The van der Waals surface area contributed by atoms with Gasteiger partial charge in [0.25, 0.3) is 5.56 Å². The Morgan fingerprint density at radius 1 is 1.12 bits per heavy atom. The van der Waals surface area contributed by atoms with Gasteiger partial charge in [0.2, 0.25) is 0 Å². The number of nitrogens with zero attached hydrogens (tertiary/aromatic N) is 4. The van der Waals surface area contributed by atoms with Crippen LogP contribution in [0.2, 0.25) is 0 Å². The van der Waals surface area contributed by atoms with Gasteiger partial charge in [-0.2, -0.15) is 0 Å². The third-order valence-corrected chi connectivity index (χ3v) is 4.18. The predicted octanol–water partition coefficient (Wildman–Crippen LogP) is 1.73. The topological polar surface area (TPSA) is 82.1 Å². The highest BCUT2D eigenvalue weighted by Gasteiger charge is 2.17. The third-order valence-electron chi connectivity index (χ3n) is 4.18. The summed E-state index contributed by atoms with van der Waals surface area (Å²) in [4.78, 5) is 29.7. The highest BCUT2D eigenvalue weighted by atomic mass is 16.3. The van der Waals surface area contributed by atoms with Crippen LogP contribution in [-0.2, 0) is 19.6 Å². The number of hydrogen-bond acceptors (Lipinski definition) is 4. The lowest BCUT2D eigenvalue weighted by Crippen LogP contribution is -2.40. The quantitative estimate of drug-likeness (QED) is 0.744. The number of rotatable bonds is 8. The Morgan fingerprint density at radius 2 is 1.83 bits per heavy atom. The molecule has 24 heavy (non-hydrogen) atoms. The summed E-state index contributed by atoms with van der Waals surface area (Å²) in [5.41, 5.74) is -0.332. The molecule has 0 aromatic carbocycles. The van der Waals surface area contributed by atoms with Gasteiger partial charge >= 0.3 is 5.69 Å². The van der Waals surface area contributed by atoms with E-state index in [1.54, 1.807) is 24.7 Å². The van der Waals surface area contributed by atoms with Crippen LogP contribution in [-0.4, -0.2) is 29.4 Å². The average molecular weight is 336 g/mol. The Labute approximate surface area is 141 Å². The number of unbranched alkanes of at least 4 members (excludes halogenated alkanes) is 1. The Kier molecular flexibility index (Phi) is 5.64. The largest absolute Gasteiger partial charge is 0.390 e. The van der Waals surface area contributed by atoms with Gasteiger partial charge in [-0.25, -0.2) is 9.78 Å². The molecule has 0 aliphatic carbocycles. The molecule has 0 aliphatic rings. The zero-order valence-electron chi connectivity index (χ0n) is 15.1. The standard InChI is InChI=1S/C17H28N4O3/c1-5-10-19-12-18-14-13(19)15(22)21(16(23)20(14)6-2)11-8-7-9-17(3,4)24/h12,24H,5-11H2,1-4H3. The van der Waals surface area contributed by atoms with Crippen LogP contribution in [0.5, 0.6) is 0 Å². The molecule has 2 aromatic heterocycles. The van der Waals surface area contributed by atoms with Crippen LogP contribution in [0, 0.1) is 0 Å². The summed E-state index contributed by atoms with van der Waals surface area (Å²) < 4.78 is 4.69. The van der Waals surface area contributed by atoms with Crippen LogP contribution >= 0.6 is 0 Å². The molecule has 0 atom stereocenters. The van der Waals surface area contributed by atoms with Crippen molar-refractivity contribution in [2.45, 2.75) is 78.6 Å². The van der Waals surface area contributed by atoms with Gasteiger partial charge in [0.05, 0.1) is 11.9 Å². The zero-order chi connectivity index (χ0) is 17.9. The van der Waals surface area contributed by atoms with E-state index in [9.17, 15) is 14.7 Å². The Hall–Kier alpha value is -1.89. The van der Waals surface area contributed by atoms with Crippen molar-refractivity contribution in [1.82, 2.24) is 18.7 Å². The first kappa shape index (κ1) is 18.4. The van der Waals surface area contributed by atoms with Gasteiger partial charge in [-0.1, -0.05) is 6.92 Å². The van der Waals surface area contributed by atoms with Crippen molar-refractivity contribution in [2.24, 2.45) is 0 Å². The second-order valence-corrected chi connectivity index (χ2v) is 6.86. The molecule has 1 N–H and O–H groups in total. The van der Waals surface area contributed by atoms with Crippen molar-refractivity contribution >= 4 is 11.2 Å². The van der Waals surface area contributed by atoms with Gasteiger partial charge in [-0.15, -0.1) is 0 Å². The molecule has 0 aliphatic heterocycles. The van der Waals surface area contributed by atoms with E-state index in [4.69, 9.17) is 0 Å². The predicted molar refractivity (Wildman–Crippen MR) is 94.4 cm³/mol. The van der Waals surface area contributed by atoms with Gasteiger partial charge in [0.15, 0.2) is 11.2 Å². The van der Waals surface area contributed by atoms with Crippen molar-refractivity contribution in [2.75, 3.05) is 0 Å². The molecular formula is C17H28N4O3. The third kappa shape index (κ3) is 3.77. The fourth-order valence-corrected chi connectivity index (χ4v) is 2.96. The molecule has 2 aromatic rings. The van der Waals surface area contributed by atoms with Gasteiger partial charge in [0, 0.05) is 19.6 Å². The van der Waals surface area contributed by atoms with Crippen molar-refractivity contribution in [3.63, 3.8) is 0 Å². The number of aliphatic hydroxyl groups is 1. The SMILES string of the molecule is CCCn1cnc2c1c(=O)n(CCCCC(C)(C)O)c(=O)n2CC. The molecular weight excluding hydrogens is 308 g/mol. The van der Waals surface area contributed by atoms with Crippen molar-refractivity contribution < 1.29 is 5.11 Å².